The van der Waals surface area contributed by atoms with E-state index in [4.69, 9.17) is 9.47 Å². The molecule has 2 nitrogen and oxygen atoms in total. The van der Waals surface area contributed by atoms with Crippen LogP contribution in [0.1, 0.15) is 64.2 Å². The van der Waals surface area contributed by atoms with Crippen molar-refractivity contribution in [2.24, 2.45) is 0 Å². The fourth-order valence-electron chi connectivity index (χ4n) is 6.47. The SMILES string of the molecule is COc1cccc(OC)c1-c1ccccc1[PH](C)(C1CCCCC1)C1CCCCC1. The van der Waals surface area contributed by atoms with Crippen LogP contribution in [0.2, 0.25) is 0 Å². The van der Waals surface area contributed by atoms with E-state index in [9.17, 15) is 0 Å². The molecule has 30 heavy (non-hydrogen) atoms. The van der Waals surface area contributed by atoms with E-state index in [1.54, 1.807) is 19.5 Å². The van der Waals surface area contributed by atoms with Gasteiger partial charge >= 0.3 is 184 Å². The molecule has 0 atom stereocenters. The fourth-order valence-corrected chi connectivity index (χ4v) is 12.5. The third-order valence-electron chi connectivity index (χ3n) is 8.11. The first-order valence-electron chi connectivity index (χ1n) is 12.0. The van der Waals surface area contributed by atoms with Crippen LogP contribution in [0.3, 0.4) is 0 Å². The quantitative estimate of drug-likeness (QED) is 0.461. The van der Waals surface area contributed by atoms with Gasteiger partial charge in [-0.1, -0.05) is 0 Å². The Bertz CT molecular complexity index is 794. The van der Waals surface area contributed by atoms with E-state index in [1.165, 1.54) is 69.8 Å². The molecule has 0 spiro atoms. The molecule has 3 heteroatoms. The van der Waals surface area contributed by atoms with Gasteiger partial charge in [-0.3, -0.25) is 0 Å². The molecule has 0 N–H and O–H groups in total. The molecular formula is C27H39O2P. The van der Waals surface area contributed by atoms with E-state index in [0.717, 1.165) is 28.4 Å². The molecule has 2 aliphatic rings. The van der Waals surface area contributed by atoms with Gasteiger partial charge in [-0.05, 0) is 0 Å². The predicted molar refractivity (Wildman–Crippen MR) is 133 cm³/mol. The Balaban J connectivity index is 1.90. The first-order valence-corrected chi connectivity index (χ1v) is 14.7. The number of rotatable bonds is 6. The van der Waals surface area contributed by atoms with Crippen LogP contribution in [0.4, 0.5) is 0 Å². The standard InChI is InChI=1S/C27H39O2P/c1-28-24-18-12-19-25(29-2)27(24)23-17-10-11-20-26(23)30(3,21-13-6-4-7-14-21)22-15-8-5-9-16-22/h10-12,17-22,30H,4-9,13-16H2,1-3H3. The molecule has 0 amide bonds. The number of hydrogen-bond donors (Lipinski definition) is 0. The summed E-state index contributed by atoms with van der Waals surface area (Å²) < 4.78 is 11.7. The Hall–Kier alpha value is -1.53. The van der Waals surface area contributed by atoms with Gasteiger partial charge in [0.25, 0.3) is 0 Å². The summed E-state index contributed by atoms with van der Waals surface area (Å²) in [6, 6.07) is 15.5. The minimum absolute atomic E-state index is 0.899. The maximum absolute atomic E-state index is 5.84. The zero-order valence-electron chi connectivity index (χ0n) is 19.1. The molecule has 164 valence electrons. The number of ether oxygens (including phenoxy) is 2. The summed E-state index contributed by atoms with van der Waals surface area (Å²) in [7, 11) is 1.82. The van der Waals surface area contributed by atoms with Crippen molar-refractivity contribution < 1.29 is 9.47 Å². The van der Waals surface area contributed by atoms with Crippen LogP contribution >= 0.6 is 7.26 Å². The van der Waals surface area contributed by atoms with Crippen LogP contribution in [0.25, 0.3) is 11.1 Å². The third kappa shape index (κ3) is 4.01. The van der Waals surface area contributed by atoms with E-state index >= 15 is 0 Å². The zero-order chi connectivity index (χ0) is 21.0. The van der Waals surface area contributed by atoms with Crippen molar-refractivity contribution in [3.05, 3.63) is 42.5 Å². The Kier molecular flexibility index (Phi) is 7.04. The topological polar surface area (TPSA) is 18.5 Å². The molecular weight excluding hydrogens is 387 g/mol. The van der Waals surface area contributed by atoms with Crippen molar-refractivity contribution in [2.75, 3.05) is 20.9 Å². The first kappa shape index (κ1) is 21.7. The average molecular weight is 427 g/mol. The molecule has 2 aromatic carbocycles. The number of hydrogen-bond acceptors (Lipinski definition) is 2. The van der Waals surface area contributed by atoms with Crippen molar-refractivity contribution in [3.8, 4) is 22.6 Å². The van der Waals surface area contributed by atoms with Crippen molar-refractivity contribution in [1.82, 2.24) is 0 Å². The van der Waals surface area contributed by atoms with E-state index in [0.29, 0.717) is 0 Å². The Morgan fingerprint density at radius 3 is 1.67 bits per heavy atom. The van der Waals surface area contributed by atoms with Gasteiger partial charge in [-0.2, -0.15) is 0 Å². The average Bonchev–Trinajstić information content (AvgIpc) is 2.84. The monoisotopic (exact) mass is 426 g/mol. The summed E-state index contributed by atoms with van der Waals surface area (Å²) in [6.07, 6.45) is 14.2. The molecule has 0 heterocycles. The predicted octanol–water partition coefficient (Wildman–Crippen LogP) is 7.04. The van der Waals surface area contributed by atoms with Crippen LogP contribution in [0, 0.1) is 0 Å². The van der Waals surface area contributed by atoms with Crippen molar-refractivity contribution >= 4 is 12.6 Å². The molecule has 2 fully saturated rings. The van der Waals surface area contributed by atoms with Gasteiger partial charge in [0, 0.05) is 0 Å². The molecule has 0 bridgehead atoms. The molecule has 0 aliphatic heterocycles. The van der Waals surface area contributed by atoms with Crippen LogP contribution in [-0.2, 0) is 0 Å². The van der Waals surface area contributed by atoms with Gasteiger partial charge in [-0.15, -0.1) is 0 Å². The van der Waals surface area contributed by atoms with E-state index in [1.807, 2.05) is 6.07 Å². The molecule has 0 radical (unpaired) electrons. The molecule has 0 unspecified atom stereocenters. The van der Waals surface area contributed by atoms with Gasteiger partial charge in [0.15, 0.2) is 0 Å². The summed E-state index contributed by atoms with van der Waals surface area (Å²) in [5.41, 5.74) is 4.30. The van der Waals surface area contributed by atoms with Crippen LogP contribution in [-0.4, -0.2) is 32.2 Å². The van der Waals surface area contributed by atoms with Crippen molar-refractivity contribution in [2.45, 2.75) is 75.5 Å². The van der Waals surface area contributed by atoms with Gasteiger partial charge in [0.1, 0.15) is 0 Å². The van der Waals surface area contributed by atoms with Gasteiger partial charge < -0.3 is 0 Å². The minimum atomic E-state index is -1.73. The summed E-state index contributed by atoms with van der Waals surface area (Å²) in [5.74, 6) is 1.84. The first-order chi connectivity index (χ1) is 14.7. The number of methoxy groups -OCH3 is 2. The fraction of sp³-hybridized carbons (Fsp3) is 0.556. The molecule has 2 saturated carbocycles. The van der Waals surface area contributed by atoms with Crippen molar-refractivity contribution in [1.29, 1.82) is 0 Å². The van der Waals surface area contributed by atoms with Crippen LogP contribution in [0.5, 0.6) is 11.5 Å². The summed E-state index contributed by atoms with van der Waals surface area (Å²) in [5, 5.41) is 1.65. The van der Waals surface area contributed by atoms with Gasteiger partial charge in [-0.25, -0.2) is 0 Å². The Morgan fingerprint density at radius 2 is 1.17 bits per heavy atom. The van der Waals surface area contributed by atoms with Crippen LogP contribution < -0.4 is 14.8 Å². The van der Waals surface area contributed by atoms with Gasteiger partial charge in [0.2, 0.25) is 0 Å². The second-order valence-corrected chi connectivity index (χ2v) is 14.3. The zero-order valence-corrected chi connectivity index (χ0v) is 20.1. The van der Waals surface area contributed by atoms with E-state index in [-0.39, 0.29) is 0 Å². The summed E-state index contributed by atoms with van der Waals surface area (Å²) >= 11 is 0. The molecule has 2 aromatic rings. The summed E-state index contributed by atoms with van der Waals surface area (Å²) in [4.78, 5) is 0. The van der Waals surface area contributed by atoms with Crippen molar-refractivity contribution in [3.63, 3.8) is 0 Å². The number of benzene rings is 2. The molecule has 4 rings (SSSR count). The van der Waals surface area contributed by atoms with E-state index in [2.05, 4.69) is 43.1 Å². The summed E-state index contributed by atoms with van der Waals surface area (Å²) in [6.45, 7) is 2.74. The van der Waals surface area contributed by atoms with E-state index < -0.39 is 7.26 Å². The van der Waals surface area contributed by atoms with Gasteiger partial charge in [0.05, 0.1) is 0 Å². The third-order valence-corrected chi connectivity index (χ3v) is 14.3. The second kappa shape index (κ2) is 9.73. The normalized spacial score (nSPS) is 19.4. The second-order valence-electron chi connectivity index (χ2n) is 9.54. The Labute approximate surface area is 183 Å². The molecule has 2 aliphatic carbocycles. The molecule has 0 aromatic heterocycles. The van der Waals surface area contributed by atoms with Crippen LogP contribution in [0.15, 0.2) is 42.5 Å². The Morgan fingerprint density at radius 1 is 0.667 bits per heavy atom. The maximum atomic E-state index is 5.84. The molecule has 0 saturated heterocycles.